The number of hydrogen-bond acceptors (Lipinski definition) is 4. The van der Waals surface area contributed by atoms with E-state index in [1.54, 1.807) is 11.3 Å². The summed E-state index contributed by atoms with van der Waals surface area (Å²) in [5, 5.41) is 2.92. The number of carbonyl (C=O) groups excluding carboxylic acids is 1. The molecule has 4 nitrogen and oxygen atoms in total. The molecule has 0 saturated carbocycles. The second kappa shape index (κ2) is 6.83. The molecular formula is C13H20BrN3OS. The smallest absolute Gasteiger partial charge is 0.234 e. The van der Waals surface area contributed by atoms with Crippen molar-refractivity contribution < 1.29 is 4.79 Å². The molecule has 0 aromatic carbocycles. The van der Waals surface area contributed by atoms with Crippen molar-refractivity contribution in [3.05, 3.63) is 20.8 Å². The molecule has 2 rings (SSSR count). The lowest BCUT2D eigenvalue weighted by Gasteiger charge is -2.33. The first-order valence-corrected chi connectivity index (χ1v) is 8.24. The van der Waals surface area contributed by atoms with Gasteiger partial charge in [0.1, 0.15) is 0 Å². The van der Waals surface area contributed by atoms with Gasteiger partial charge in [-0.3, -0.25) is 9.69 Å². The van der Waals surface area contributed by atoms with Crippen molar-refractivity contribution >= 4 is 33.2 Å². The van der Waals surface area contributed by atoms with Crippen LogP contribution in [0.1, 0.15) is 30.7 Å². The molecule has 19 heavy (non-hydrogen) atoms. The number of nitrogens with two attached hydrogens (primary N) is 1. The number of nitrogens with one attached hydrogen (secondary N) is 1. The van der Waals surface area contributed by atoms with Gasteiger partial charge >= 0.3 is 0 Å². The highest BCUT2D eigenvalue weighted by atomic mass is 79.9. The second-order valence-electron chi connectivity index (χ2n) is 4.83. The fourth-order valence-corrected chi connectivity index (χ4v) is 4.07. The first-order chi connectivity index (χ1) is 9.11. The molecule has 2 heterocycles. The minimum absolute atomic E-state index is 0.0523. The quantitative estimate of drug-likeness (QED) is 0.878. The predicted octanol–water partition coefficient (Wildman–Crippen LogP) is 2.11. The normalized spacial score (nSPS) is 20.7. The van der Waals surface area contributed by atoms with Crippen LogP contribution in [0.15, 0.2) is 15.9 Å². The number of carbonyl (C=O) groups is 1. The Morgan fingerprint density at radius 3 is 3.00 bits per heavy atom. The van der Waals surface area contributed by atoms with Gasteiger partial charge in [0.2, 0.25) is 5.91 Å². The third kappa shape index (κ3) is 3.78. The Morgan fingerprint density at radius 1 is 1.58 bits per heavy atom. The number of thiophene rings is 1. The van der Waals surface area contributed by atoms with Gasteiger partial charge in [0.25, 0.3) is 0 Å². The van der Waals surface area contributed by atoms with Gasteiger partial charge in [-0.2, -0.15) is 0 Å². The molecule has 1 aliphatic rings. The summed E-state index contributed by atoms with van der Waals surface area (Å²) >= 11 is 5.21. The lowest BCUT2D eigenvalue weighted by Crippen LogP contribution is -2.43. The summed E-state index contributed by atoms with van der Waals surface area (Å²) in [6, 6.07) is 4.34. The molecule has 0 radical (unpaired) electrons. The van der Waals surface area contributed by atoms with Crippen LogP contribution in [0.25, 0.3) is 0 Å². The summed E-state index contributed by atoms with van der Waals surface area (Å²) in [6.45, 7) is 4.20. The van der Waals surface area contributed by atoms with Crippen LogP contribution in [0, 0.1) is 0 Å². The Hall–Kier alpha value is -0.430. The van der Waals surface area contributed by atoms with E-state index >= 15 is 0 Å². The third-order valence-electron chi connectivity index (χ3n) is 3.45. The van der Waals surface area contributed by atoms with Crippen LogP contribution in [0.5, 0.6) is 0 Å². The first-order valence-electron chi connectivity index (χ1n) is 6.63. The number of nitrogens with zero attached hydrogens (tertiary/aromatic N) is 1. The van der Waals surface area contributed by atoms with Crippen LogP contribution in [-0.2, 0) is 4.79 Å². The predicted molar refractivity (Wildman–Crippen MR) is 82.2 cm³/mol. The van der Waals surface area contributed by atoms with Crippen molar-refractivity contribution in [2.75, 3.05) is 19.6 Å². The highest BCUT2D eigenvalue weighted by molar-refractivity contribution is 9.11. The monoisotopic (exact) mass is 345 g/mol. The summed E-state index contributed by atoms with van der Waals surface area (Å²) in [5.41, 5.74) is 6.30. The zero-order valence-electron chi connectivity index (χ0n) is 11.1. The largest absolute Gasteiger partial charge is 0.355 e. The van der Waals surface area contributed by atoms with E-state index in [0.29, 0.717) is 6.54 Å². The summed E-state index contributed by atoms with van der Waals surface area (Å²) < 4.78 is 1.11. The molecule has 0 bridgehead atoms. The van der Waals surface area contributed by atoms with Crippen LogP contribution in [0.3, 0.4) is 0 Å². The van der Waals surface area contributed by atoms with E-state index in [2.05, 4.69) is 39.1 Å². The summed E-state index contributed by atoms with van der Waals surface area (Å²) in [4.78, 5) is 15.2. The highest BCUT2D eigenvalue weighted by Crippen LogP contribution is 2.33. The Kier molecular flexibility index (Phi) is 5.38. The van der Waals surface area contributed by atoms with Gasteiger partial charge in [0.05, 0.1) is 16.4 Å². The molecule has 2 unspecified atom stereocenters. The van der Waals surface area contributed by atoms with Crippen molar-refractivity contribution in [1.82, 2.24) is 10.2 Å². The zero-order chi connectivity index (χ0) is 13.8. The van der Waals surface area contributed by atoms with Gasteiger partial charge in [-0.25, -0.2) is 0 Å². The van der Waals surface area contributed by atoms with Gasteiger partial charge in [0, 0.05) is 24.0 Å². The molecule has 106 valence electrons. The molecule has 1 aromatic rings. The van der Waals surface area contributed by atoms with Gasteiger partial charge in [-0.15, -0.1) is 11.3 Å². The molecule has 6 heteroatoms. The van der Waals surface area contributed by atoms with Crippen molar-refractivity contribution in [1.29, 1.82) is 0 Å². The van der Waals surface area contributed by atoms with E-state index in [0.717, 1.165) is 29.7 Å². The Balaban J connectivity index is 2.23. The summed E-state index contributed by atoms with van der Waals surface area (Å²) in [5.74, 6) is 0.0985. The molecule has 3 N–H and O–H groups in total. The Bertz CT molecular complexity index is 437. The van der Waals surface area contributed by atoms with Crippen LogP contribution >= 0.6 is 27.3 Å². The van der Waals surface area contributed by atoms with Gasteiger partial charge in [-0.1, -0.05) is 6.92 Å². The minimum atomic E-state index is 0.0523. The van der Waals surface area contributed by atoms with E-state index in [4.69, 9.17) is 5.73 Å². The maximum atomic E-state index is 11.7. The molecule has 0 spiro atoms. The maximum absolute atomic E-state index is 11.7. The average molecular weight is 346 g/mol. The summed E-state index contributed by atoms with van der Waals surface area (Å²) in [7, 11) is 0. The fourth-order valence-electron chi connectivity index (χ4n) is 2.44. The van der Waals surface area contributed by atoms with E-state index < -0.39 is 0 Å². The molecule has 2 atom stereocenters. The molecule has 1 aliphatic heterocycles. The van der Waals surface area contributed by atoms with Gasteiger partial charge in [-0.05, 0) is 40.9 Å². The SMILES string of the molecule is CCC(N)C(c1ccc(Br)s1)N1CCCNC(=O)C1. The minimum Gasteiger partial charge on any atom is -0.355 e. The van der Waals surface area contributed by atoms with Crippen molar-refractivity contribution in [3.8, 4) is 0 Å². The number of rotatable bonds is 4. The number of halogens is 1. The lowest BCUT2D eigenvalue weighted by atomic mass is 10.0. The van der Waals surface area contributed by atoms with Crippen molar-refractivity contribution in [2.45, 2.75) is 31.8 Å². The maximum Gasteiger partial charge on any atom is 0.234 e. The topological polar surface area (TPSA) is 58.4 Å². The van der Waals surface area contributed by atoms with E-state index in [-0.39, 0.29) is 18.0 Å². The van der Waals surface area contributed by atoms with E-state index in [1.165, 1.54) is 4.88 Å². The number of amides is 1. The zero-order valence-corrected chi connectivity index (χ0v) is 13.5. The van der Waals surface area contributed by atoms with E-state index in [9.17, 15) is 4.79 Å². The summed E-state index contributed by atoms with van der Waals surface area (Å²) in [6.07, 6.45) is 1.88. The van der Waals surface area contributed by atoms with Gasteiger partial charge < -0.3 is 11.1 Å². The Labute approximate surface area is 126 Å². The third-order valence-corrected chi connectivity index (χ3v) is 5.14. The van der Waals surface area contributed by atoms with Crippen LogP contribution in [0.2, 0.25) is 0 Å². The Morgan fingerprint density at radius 2 is 2.37 bits per heavy atom. The molecule has 0 aliphatic carbocycles. The number of hydrogen-bond donors (Lipinski definition) is 2. The standard InChI is InChI=1S/C13H20BrN3OS/c1-2-9(15)13(10-4-5-11(14)19-10)17-7-3-6-16-12(18)8-17/h4-5,9,13H,2-3,6-8,15H2,1H3,(H,16,18). The average Bonchev–Trinajstić information content (AvgIpc) is 2.68. The molecule has 1 aromatic heterocycles. The molecule has 1 fully saturated rings. The fraction of sp³-hybridized carbons (Fsp3) is 0.615. The van der Waals surface area contributed by atoms with Crippen LogP contribution < -0.4 is 11.1 Å². The molecule has 1 amide bonds. The van der Waals surface area contributed by atoms with Crippen molar-refractivity contribution in [3.63, 3.8) is 0 Å². The van der Waals surface area contributed by atoms with Gasteiger partial charge in [0.15, 0.2) is 0 Å². The van der Waals surface area contributed by atoms with Crippen LogP contribution in [-0.4, -0.2) is 36.5 Å². The highest BCUT2D eigenvalue weighted by Gasteiger charge is 2.29. The first kappa shape index (κ1) is 15.0. The second-order valence-corrected chi connectivity index (χ2v) is 7.33. The van der Waals surface area contributed by atoms with Crippen LogP contribution in [0.4, 0.5) is 0 Å². The molecule has 1 saturated heterocycles. The van der Waals surface area contributed by atoms with E-state index in [1.807, 2.05) is 6.07 Å². The van der Waals surface area contributed by atoms with Crippen molar-refractivity contribution in [2.24, 2.45) is 5.73 Å². The lowest BCUT2D eigenvalue weighted by molar-refractivity contribution is -0.122. The molecular weight excluding hydrogens is 326 g/mol.